The number of rotatable bonds is 4. The SMILES string of the molecule is COc1ccccc1N1CCN(C(=O)C2CN(c3nc4ccc(C)cc4s3)C2)CC1. The second-order valence-corrected chi connectivity index (χ2v) is 9.06. The number of anilines is 2. The second-order valence-electron chi connectivity index (χ2n) is 8.05. The predicted octanol–water partition coefficient (Wildman–Crippen LogP) is 3.40. The zero-order valence-electron chi connectivity index (χ0n) is 17.4. The van der Waals surface area contributed by atoms with Crippen LogP contribution < -0.4 is 14.5 Å². The summed E-state index contributed by atoms with van der Waals surface area (Å²) in [6.45, 7) is 6.82. The van der Waals surface area contributed by atoms with E-state index in [-0.39, 0.29) is 11.8 Å². The fraction of sp³-hybridized carbons (Fsp3) is 0.391. The molecular formula is C23H26N4O2S. The Morgan fingerprint density at radius 2 is 1.83 bits per heavy atom. The van der Waals surface area contributed by atoms with Gasteiger partial charge in [0.2, 0.25) is 5.91 Å². The van der Waals surface area contributed by atoms with Gasteiger partial charge in [-0.25, -0.2) is 4.98 Å². The highest BCUT2D eigenvalue weighted by Gasteiger charge is 2.37. The van der Waals surface area contributed by atoms with Crippen LogP contribution in [0.15, 0.2) is 42.5 Å². The number of fused-ring (bicyclic) bond motifs is 1. The normalized spacial score (nSPS) is 17.3. The Bertz CT molecular complexity index is 1070. The summed E-state index contributed by atoms with van der Waals surface area (Å²) < 4.78 is 6.70. The molecule has 2 fully saturated rings. The molecule has 2 aromatic carbocycles. The Balaban J connectivity index is 1.17. The first-order valence-corrected chi connectivity index (χ1v) is 11.2. The minimum atomic E-state index is 0.0801. The number of benzene rings is 2. The number of amides is 1. The van der Waals surface area contributed by atoms with Gasteiger partial charge in [-0.1, -0.05) is 29.5 Å². The van der Waals surface area contributed by atoms with Crippen molar-refractivity contribution in [1.29, 1.82) is 0 Å². The molecule has 2 aliphatic rings. The summed E-state index contributed by atoms with van der Waals surface area (Å²) in [5.41, 5.74) is 3.40. The van der Waals surface area contributed by atoms with Gasteiger partial charge in [-0.15, -0.1) is 0 Å². The molecule has 0 aliphatic carbocycles. The van der Waals surface area contributed by atoms with Gasteiger partial charge >= 0.3 is 0 Å². The third-order valence-electron chi connectivity index (χ3n) is 6.05. The molecule has 2 saturated heterocycles. The largest absolute Gasteiger partial charge is 0.495 e. The summed E-state index contributed by atoms with van der Waals surface area (Å²) in [4.78, 5) is 24.3. The van der Waals surface area contributed by atoms with Crippen molar-refractivity contribution in [2.75, 3.05) is 56.2 Å². The van der Waals surface area contributed by atoms with E-state index in [0.717, 1.165) is 61.4 Å². The Kier molecular flexibility index (Phi) is 4.98. The highest BCUT2D eigenvalue weighted by atomic mass is 32.1. The molecule has 30 heavy (non-hydrogen) atoms. The van der Waals surface area contributed by atoms with Crippen molar-refractivity contribution in [1.82, 2.24) is 9.88 Å². The van der Waals surface area contributed by atoms with Crippen molar-refractivity contribution in [2.45, 2.75) is 6.92 Å². The first kappa shape index (κ1) is 19.2. The Hall–Kier alpha value is -2.80. The number of nitrogens with zero attached hydrogens (tertiary/aromatic N) is 4. The van der Waals surface area contributed by atoms with E-state index in [4.69, 9.17) is 9.72 Å². The van der Waals surface area contributed by atoms with Crippen LogP contribution in [0.5, 0.6) is 5.75 Å². The highest BCUT2D eigenvalue weighted by Crippen LogP contribution is 2.34. The van der Waals surface area contributed by atoms with Crippen molar-refractivity contribution >= 4 is 38.3 Å². The van der Waals surface area contributed by atoms with Gasteiger partial charge in [-0.05, 0) is 36.8 Å². The Morgan fingerprint density at radius 1 is 1.07 bits per heavy atom. The number of aryl methyl sites for hydroxylation is 1. The number of aromatic nitrogens is 1. The quantitative estimate of drug-likeness (QED) is 0.645. The summed E-state index contributed by atoms with van der Waals surface area (Å²) in [5, 5.41) is 1.03. The molecule has 0 radical (unpaired) electrons. The average molecular weight is 423 g/mol. The molecule has 1 aromatic heterocycles. The molecule has 3 aromatic rings. The summed E-state index contributed by atoms with van der Waals surface area (Å²) in [6, 6.07) is 14.4. The van der Waals surface area contributed by atoms with Crippen LogP contribution in [-0.4, -0.2) is 62.2 Å². The molecule has 0 bridgehead atoms. The number of para-hydroxylation sites is 2. The molecule has 1 amide bonds. The van der Waals surface area contributed by atoms with Crippen molar-refractivity contribution in [3.05, 3.63) is 48.0 Å². The second kappa shape index (κ2) is 7.80. The first-order chi connectivity index (χ1) is 14.6. The van der Waals surface area contributed by atoms with E-state index in [1.807, 2.05) is 23.1 Å². The molecule has 0 saturated carbocycles. The maximum Gasteiger partial charge on any atom is 0.229 e. The van der Waals surface area contributed by atoms with E-state index in [9.17, 15) is 4.79 Å². The number of ether oxygens (including phenoxy) is 1. The van der Waals surface area contributed by atoms with E-state index in [0.29, 0.717) is 0 Å². The maximum atomic E-state index is 13.0. The van der Waals surface area contributed by atoms with Crippen LogP contribution in [0.3, 0.4) is 0 Å². The fourth-order valence-corrected chi connectivity index (χ4v) is 5.34. The molecule has 7 heteroatoms. The number of thiazole rings is 1. The van der Waals surface area contributed by atoms with Crippen molar-refractivity contribution in [2.24, 2.45) is 5.92 Å². The van der Waals surface area contributed by atoms with E-state index >= 15 is 0 Å². The van der Waals surface area contributed by atoms with E-state index < -0.39 is 0 Å². The third-order valence-corrected chi connectivity index (χ3v) is 7.13. The van der Waals surface area contributed by atoms with Crippen LogP contribution in [0.1, 0.15) is 5.56 Å². The highest BCUT2D eigenvalue weighted by molar-refractivity contribution is 7.22. The van der Waals surface area contributed by atoms with Crippen molar-refractivity contribution in [3.63, 3.8) is 0 Å². The topological polar surface area (TPSA) is 48.9 Å². The minimum absolute atomic E-state index is 0.0801. The van der Waals surface area contributed by atoms with Gasteiger partial charge in [-0.2, -0.15) is 0 Å². The molecule has 2 aliphatic heterocycles. The standard InChI is InChI=1S/C23H26N4O2S/c1-16-7-8-18-21(13-16)30-23(24-18)27-14-17(15-27)22(28)26-11-9-25(10-12-26)19-5-3-4-6-20(19)29-2/h3-8,13,17H,9-12,14-15H2,1-2H3. The number of hydrogen-bond donors (Lipinski definition) is 0. The molecule has 0 unspecified atom stereocenters. The summed E-state index contributed by atoms with van der Waals surface area (Å²) in [7, 11) is 1.70. The minimum Gasteiger partial charge on any atom is -0.495 e. The Morgan fingerprint density at radius 3 is 2.60 bits per heavy atom. The number of carbonyl (C=O) groups is 1. The molecule has 3 heterocycles. The fourth-order valence-electron chi connectivity index (χ4n) is 4.26. The van der Waals surface area contributed by atoms with E-state index in [2.05, 4.69) is 41.0 Å². The zero-order valence-corrected chi connectivity index (χ0v) is 18.2. The predicted molar refractivity (Wildman–Crippen MR) is 122 cm³/mol. The van der Waals surface area contributed by atoms with Crippen LogP contribution in [0.4, 0.5) is 10.8 Å². The van der Waals surface area contributed by atoms with Gasteiger partial charge in [0.05, 0.1) is 28.9 Å². The van der Waals surface area contributed by atoms with Crippen LogP contribution >= 0.6 is 11.3 Å². The Labute approximate surface area is 180 Å². The van der Waals surface area contributed by atoms with Gasteiger partial charge < -0.3 is 19.4 Å². The maximum absolute atomic E-state index is 13.0. The summed E-state index contributed by atoms with van der Waals surface area (Å²) in [6.07, 6.45) is 0. The van der Waals surface area contributed by atoms with Gasteiger partial charge in [0.1, 0.15) is 5.75 Å². The van der Waals surface area contributed by atoms with E-state index in [1.54, 1.807) is 18.4 Å². The monoisotopic (exact) mass is 422 g/mol. The molecule has 156 valence electrons. The molecular weight excluding hydrogens is 396 g/mol. The number of piperazine rings is 1. The summed E-state index contributed by atoms with van der Waals surface area (Å²) in [5.74, 6) is 1.25. The zero-order chi connectivity index (χ0) is 20.7. The molecule has 5 rings (SSSR count). The lowest BCUT2D eigenvalue weighted by Crippen LogP contribution is -2.58. The lowest BCUT2D eigenvalue weighted by atomic mass is 9.99. The summed E-state index contributed by atoms with van der Waals surface area (Å²) >= 11 is 1.72. The number of methoxy groups -OCH3 is 1. The van der Waals surface area contributed by atoms with Crippen LogP contribution in [0.25, 0.3) is 10.2 Å². The van der Waals surface area contributed by atoms with Crippen LogP contribution in [-0.2, 0) is 4.79 Å². The van der Waals surface area contributed by atoms with E-state index in [1.165, 1.54) is 10.3 Å². The lowest BCUT2D eigenvalue weighted by Gasteiger charge is -2.43. The lowest BCUT2D eigenvalue weighted by molar-refractivity contribution is -0.136. The van der Waals surface area contributed by atoms with Gasteiger partial charge in [0.15, 0.2) is 5.13 Å². The van der Waals surface area contributed by atoms with Gasteiger partial charge in [0, 0.05) is 39.3 Å². The molecule has 0 spiro atoms. The molecule has 0 atom stereocenters. The molecule has 6 nitrogen and oxygen atoms in total. The smallest absolute Gasteiger partial charge is 0.229 e. The van der Waals surface area contributed by atoms with Crippen molar-refractivity contribution < 1.29 is 9.53 Å². The average Bonchev–Trinajstić information content (AvgIpc) is 3.15. The third kappa shape index (κ3) is 3.47. The van der Waals surface area contributed by atoms with Crippen molar-refractivity contribution in [3.8, 4) is 5.75 Å². The van der Waals surface area contributed by atoms with Crippen LogP contribution in [0, 0.1) is 12.8 Å². The molecule has 0 N–H and O–H groups in total. The van der Waals surface area contributed by atoms with Gasteiger partial charge in [0.25, 0.3) is 0 Å². The van der Waals surface area contributed by atoms with Gasteiger partial charge in [-0.3, -0.25) is 4.79 Å². The number of hydrogen-bond acceptors (Lipinski definition) is 6. The number of carbonyl (C=O) groups excluding carboxylic acids is 1. The first-order valence-electron chi connectivity index (χ1n) is 10.4. The van der Waals surface area contributed by atoms with Crippen LogP contribution in [0.2, 0.25) is 0 Å².